The minimum atomic E-state index is -0.374. The molecule has 23 heavy (non-hydrogen) atoms. The number of benzene rings is 1. The van der Waals surface area contributed by atoms with Crippen molar-refractivity contribution in [3.63, 3.8) is 0 Å². The summed E-state index contributed by atoms with van der Waals surface area (Å²) in [4.78, 5) is 10.8. The van der Waals surface area contributed by atoms with Crippen LogP contribution in [0.2, 0.25) is 0 Å². The van der Waals surface area contributed by atoms with Crippen molar-refractivity contribution < 1.29 is 4.79 Å². The Balaban J connectivity index is 1.63. The van der Waals surface area contributed by atoms with Crippen molar-refractivity contribution in [2.24, 2.45) is 5.73 Å². The Morgan fingerprint density at radius 3 is 2.61 bits per heavy atom. The van der Waals surface area contributed by atoms with Crippen LogP contribution in [0.4, 0.5) is 0 Å². The van der Waals surface area contributed by atoms with Crippen LogP contribution in [0.5, 0.6) is 0 Å². The number of hydrogen-bond acceptors (Lipinski definition) is 9. The van der Waals surface area contributed by atoms with Crippen LogP contribution in [0.15, 0.2) is 39.0 Å². The average Bonchev–Trinajstić information content (AvgIpc) is 3.21. The quantitative estimate of drug-likeness (QED) is 0.625. The lowest BCUT2D eigenvalue weighted by atomic mass is 10.3. The predicted molar refractivity (Wildman–Crippen MR) is 88.5 cm³/mol. The van der Waals surface area contributed by atoms with Gasteiger partial charge < -0.3 is 5.73 Å². The Morgan fingerprint density at radius 1 is 1.13 bits per heavy atom. The van der Waals surface area contributed by atoms with Gasteiger partial charge in [-0.05, 0) is 22.6 Å². The number of thioether (sulfide) groups is 2. The van der Waals surface area contributed by atoms with Crippen molar-refractivity contribution in [3.05, 3.63) is 36.2 Å². The van der Waals surface area contributed by atoms with E-state index in [0.717, 1.165) is 15.9 Å². The molecule has 0 aliphatic carbocycles. The van der Waals surface area contributed by atoms with Crippen molar-refractivity contribution in [1.29, 1.82) is 0 Å². The van der Waals surface area contributed by atoms with E-state index in [0.29, 0.717) is 10.1 Å². The molecule has 0 fully saturated rings. The molecule has 0 bridgehead atoms. The molecule has 118 valence electrons. The number of aromatic nitrogens is 6. The van der Waals surface area contributed by atoms with E-state index in [1.54, 1.807) is 4.68 Å². The van der Waals surface area contributed by atoms with E-state index >= 15 is 0 Å². The molecule has 0 aliphatic heterocycles. The van der Waals surface area contributed by atoms with Gasteiger partial charge in [0, 0.05) is 0 Å². The fourth-order valence-corrected chi connectivity index (χ4v) is 4.30. The molecule has 1 amide bonds. The molecule has 8 nitrogen and oxygen atoms in total. The minimum Gasteiger partial charge on any atom is -0.369 e. The maximum Gasteiger partial charge on any atom is 0.227 e. The summed E-state index contributed by atoms with van der Waals surface area (Å²) in [5.41, 5.74) is 6.01. The Labute approximate surface area is 143 Å². The number of para-hydroxylation sites is 1. The van der Waals surface area contributed by atoms with Crippen molar-refractivity contribution in [3.8, 4) is 5.69 Å². The molecule has 0 unspecified atom stereocenters. The third-order valence-corrected chi connectivity index (χ3v) is 5.79. The normalized spacial score (nSPS) is 10.8. The number of amides is 1. The van der Waals surface area contributed by atoms with Gasteiger partial charge in [-0.3, -0.25) is 4.79 Å². The van der Waals surface area contributed by atoms with Gasteiger partial charge in [0.25, 0.3) is 0 Å². The highest BCUT2D eigenvalue weighted by Crippen LogP contribution is 2.30. The summed E-state index contributed by atoms with van der Waals surface area (Å²) in [6, 6.07) is 9.68. The fraction of sp³-hybridized carbons (Fsp3) is 0.167. The van der Waals surface area contributed by atoms with E-state index in [9.17, 15) is 4.79 Å². The lowest BCUT2D eigenvalue weighted by molar-refractivity contribution is -0.115. The number of rotatable bonds is 7. The number of carbonyl (C=O) groups excluding carboxylic acids is 1. The molecule has 0 saturated heterocycles. The summed E-state index contributed by atoms with van der Waals surface area (Å²) < 4.78 is 3.20. The second kappa shape index (κ2) is 7.53. The van der Waals surface area contributed by atoms with Gasteiger partial charge in [-0.1, -0.05) is 53.1 Å². The van der Waals surface area contributed by atoms with E-state index < -0.39 is 0 Å². The number of primary amides is 1. The lowest BCUT2D eigenvalue weighted by Crippen LogP contribution is -2.12. The number of nitrogens with two attached hydrogens (primary N) is 1. The minimum absolute atomic E-state index is 0.200. The van der Waals surface area contributed by atoms with E-state index in [4.69, 9.17) is 5.73 Å². The molecule has 0 saturated carbocycles. The molecule has 2 N–H and O–H groups in total. The SMILES string of the molecule is NC(=O)CSc1nnc(SCc2nnnn2-c2ccccc2)s1. The van der Waals surface area contributed by atoms with Gasteiger partial charge in [0.15, 0.2) is 14.5 Å². The van der Waals surface area contributed by atoms with Crippen LogP contribution in [-0.2, 0) is 10.5 Å². The van der Waals surface area contributed by atoms with Gasteiger partial charge in [0.2, 0.25) is 5.91 Å². The van der Waals surface area contributed by atoms with Crippen molar-refractivity contribution in [2.75, 3.05) is 5.75 Å². The second-order valence-corrected chi connectivity index (χ2v) is 7.64. The predicted octanol–water partition coefficient (Wildman–Crippen LogP) is 1.38. The molecule has 0 aliphatic rings. The van der Waals surface area contributed by atoms with Crippen LogP contribution in [0, 0.1) is 0 Å². The molecule has 11 heteroatoms. The van der Waals surface area contributed by atoms with Crippen molar-refractivity contribution >= 4 is 40.8 Å². The number of nitrogens with zero attached hydrogens (tertiary/aromatic N) is 6. The molecule has 0 radical (unpaired) electrons. The monoisotopic (exact) mass is 365 g/mol. The summed E-state index contributed by atoms with van der Waals surface area (Å²) in [5.74, 6) is 1.12. The largest absolute Gasteiger partial charge is 0.369 e. The molecular weight excluding hydrogens is 354 g/mol. The van der Waals surface area contributed by atoms with E-state index in [2.05, 4.69) is 25.7 Å². The van der Waals surface area contributed by atoms with Crippen LogP contribution in [0.3, 0.4) is 0 Å². The molecule has 2 heterocycles. The van der Waals surface area contributed by atoms with Gasteiger partial charge in [-0.25, -0.2) is 0 Å². The molecular formula is C12H11N7OS3. The highest BCUT2D eigenvalue weighted by molar-refractivity contribution is 8.03. The first-order valence-corrected chi connectivity index (χ1v) is 9.21. The summed E-state index contributed by atoms with van der Waals surface area (Å²) in [6.45, 7) is 0. The zero-order chi connectivity index (χ0) is 16.1. The van der Waals surface area contributed by atoms with Crippen molar-refractivity contribution in [2.45, 2.75) is 14.4 Å². The highest BCUT2D eigenvalue weighted by atomic mass is 32.2. The highest BCUT2D eigenvalue weighted by Gasteiger charge is 2.11. The van der Waals surface area contributed by atoms with Gasteiger partial charge in [-0.2, -0.15) is 4.68 Å². The molecule has 0 spiro atoms. The molecule has 0 atom stereocenters. The summed E-state index contributed by atoms with van der Waals surface area (Å²) in [7, 11) is 0. The molecule has 3 rings (SSSR count). The first-order chi connectivity index (χ1) is 11.2. The van der Waals surface area contributed by atoms with Gasteiger partial charge >= 0.3 is 0 Å². The Morgan fingerprint density at radius 2 is 1.87 bits per heavy atom. The first kappa shape index (κ1) is 15.9. The molecule has 3 aromatic rings. The van der Waals surface area contributed by atoms with Crippen LogP contribution in [-0.4, -0.2) is 42.1 Å². The number of carbonyl (C=O) groups is 1. The van der Waals surface area contributed by atoms with E-state index in [1.807, 2.05) is 30.3 Å². The summed E-state index contributed by atoms with van der Waals surface area (Å²) >= 11 is 4.19. The lowest BCUT2D eigenvalue weighted by Gasteiger charge is -2.02. The maximum atomic E-state index is 10.8. The number of hydrogen-bond donors (Lipinski definition) is 1. The second-order valence-electron chi connectivity index (χ2n) is 4.22. The Bertz CT molecular complexity index is 789. The van der Waals surface area contributed by atoms with Crippen LogP contribution in [0.1, 0.15) is 5.82 Å². The van der Waals surface area contributed by atoms with Crippen molar-refractivity contribution in [1.82, 2.24) is 30.4 Å². The standard InChI is InChI=1S/C12H11N7OS3/c13-9(20)6-21-11-15-16-12(23-11)22-7-10-14-17-18-19(10)8-4-2-1-3-5-8/h1-5H,6-7H2,(H2,13,20). The number of tetrazole rings is 1. The van der Waals surface area contributed by atoms with E-state index in [1.165, 1.54) is 34.9 Å². The van der Waals surface area contributed by atoms with Crippen LogP contribution >= 0.6 is 34.9 Å². The maximum absolute atomic E-state index is 10.8. The van der Waals surface area contributed by atoms with Gasteiger partial charge in [-0.15, -0.1) is 15.3 Å². The van der Waals surface area contributed by atoms with E-state index in [-0.39, 0.29) is 11.7 Å². The average molecular weight is 365 g/mol. The zero-order valence-electron chi connectivity index (χ0n) is 11.7. The van der Waals surface area contributed by atoms with Gasteiger partial charge in [0.05, 0.1) is 17.2 Å². The topological polar surface area (TPSA) is 112 Å². The smallest absolute Gasteiger partial charge is 0.227 e. The molecule has 2 aromatic heterocycles. The Hall–Kier alpha value is -1.98. The third kappa shape index (κ3) is 4.27. The van der Waals surface area contributed by atoms with Crippen LogP contribution < -0.4 is 5.73 Å². The first-order valence-electron chi connectivity index (χ1n) is 6.42. The van der Waals surface area contributed by atoms with Gasteiger partial charge in [0.1, 0.15) is 0 Å². The summed E-state index contributed by atoms with van der Waals surface area (Å²) in [6.07, 6.45) is 0. The summed E-state index contributed by atoms with van der Waals surface area (Å²) in [5, 5.41) is 19.9. The van der Waals surface area contributed by atoms with Crippen LogP contribution in [0.25, 0.3) is 5.69 Å². The zero-order valence-corrected chi connectivity index (χ0v) is 14.1. The fourth-order valence-electron chi connectivity index (χ4n) is 1.64. The third-order valence-electron chi connectivity index (χ3n) is 2.59. The molecule has 1 aromatic carbocycles. The Kier molecular flexibility index (Phi) is 5.20.